The maximum atomic E-state index is 10.8. The number of likely N-dealkylation sites (N-methyl/N-ethyl adjacent to an activating group) is 1. The van der Waals surface area contributed by atoms with Crippen LogP contribution < -0.4 is 17.2 Å². The largest absolute Gasteiger partial charge is 0.468 e. The van der Waals surface area contributed by atoms with Gasteiger partial charge in [-0.05, 0) is 44.9 Å². The van der Waals surface area contributed by atoms with Gasteiger partial charge in [0.1, 0.15) is 6.54 Å². The second-order valence-electron chi connectivity index (χ2n) is 5.50. The number of hydrogen-bond donors (Lipinski definition) is 3. The Morgan fingerprint density at radius 2 is 1.40 bits per heavy atom. The minimum absolute atomic E-state index is 0.0403. The number of rotatable bonds is 9. The van der Waals surface area contributed by atoms with Gasteiger partial charge in [0.25, 0.3) is 0 Å². The normalized spacial score (nSPS) is 10.2. The molecule has 10 nitrogen and oxygen atoms in total. The summed E-state index contributed by atoms with van der Waals surface area (Å²) in [6.07, 6.45) is 10.0. The van der Waals surface area contributed by atoms with Crippen molar-refractivity contribution in [3.63, 3.8) is 0 Å². The molecule has 0 saturated heterocycles. The van der Waals surface area contributed by atoms with Gasteiger partial charge in [0, 0.05) is 12.6 Å². The van der Waals surface area contributed by atoms with Crippen molar-refractivity contribution in [3.05, 3.63) is 48.6 Å². The van der Waals surface area contributed by atoms with Crippen molar-refractivity contribution in [1.82, 2.24) is 4.90 Å². The first-order chi connectivity index (χ1) is 13.9. The molecule has 0 radical (unpaired) electrons. The molecule has 0 bridgehead atoms. The van der Waals surface area contributed by atoms with E-state index in [0.29, 0.717) is 18.4 Å². The van der Waals surface area contributed by atoms with Gasteiger partial charge in [-0.3, -0.25) is 24.0 Å². The highest BCUT2D eigenvalue weighted by atomic mass is 16.5. The van der Waals surface area contributed by atoms with Crippen molar-refractivity contribution in [2.75, 3.05) is 20.7 Å². The average Bonchev–Trinajstić information content (AvgIpc) is 2.69. The van der Waals surface area contributed by atoms with Crippen LogP contribution in [0.15, 0.2) is 48.6 Å². The number of carbonyl (C=O) groups excluding carboxylic acids is 5. The first kappa shape index (κ1) is 31.0. The molecule has 0 atom stereocenters. The number of carbonyl (C=O) groups is 5. The Bertz CT molecular complexity index is 657. The second-order valence-corrected chi connectivity index (χ2v) is 5.50. The highest BCUT2D eigenvalue weighted by molar-refractivity contribution is 5.91. The number of esters is 1. The standard InChI is InChI=1S/C8H12N2O2.C7H11NO3.C5H9NO/c9-7(11)5-3-1-2-4-6-8(10)12;1-4-6(9)8(2)5-7(10)11-3;1-3-4(2)5(6)7/h3-6H,1-2H2,(H2,9,11)(H2,10,12);4H,1,5H2,2-3H3;3H,1-2H3,(H2,6,7). The van der Waals surface area contributed by atoms with E-state index in [9.17, 15) is 24.0 Å². The Kier molecular flexibility index (Phi) is 20.7. The number of ether oxygens (including phenoxy) is 1. The van der Waals surface area contributed by atoms with Crippen molar-refractivity contribution in [2.24, 2.45) is 17.2 Å². The summed E-state index contributed by atoms with van der Waals surface area (Å²) in [7, 11) is 2.77. The Balaban J connectivity index is -0.000000378. The van der Waals surface area contributed by atoms with Gasteiger partial charge in [-0.25, -0.2) is 0 Å². The Labute approximate surface area is 177 Å². The van der Waals surface area contributed by atoms with Crippen LogP contribution in [0.25, 0.3) is 0 Å². The summed E-state index contributed by atoms with van der Waals surface area (Å²) in [5, 5.41) is 0. The monoisotopic (exact) mass is 424 g/mol. The minimum Gasteiger partial charge on any atom is -0.468 e. The van der Waals surface area contributed by atoms with Gasteiger partial charge in [0.05, 0.1) is 7.11 Å². The highest BCUT2D eigenvalue weighted by Crippen LogP contribution is 1.91. The molecule has 0 aromatic rings. The predicted octanol–water partition coefficient (Wildman–Crippen LogP) is 0.0913. The molecule has 0 unspecified atom stereocenters. The molecular weight excluding hydrogens is 392 g/mol. The lowest BCUT2D eigenvalue weighted by Gasteiger charge is -2.12. The van der Waals surface area contributed by atoms with Crippen molar-refractivity contribution in [2.45, 2.75) is 26.7 Å². The molecule has 0 aromatic carbocycles. The molecular formula is C20H32N4O6. The third-order valence-electron chi connectivity index (χ3n) is 3.03. The molecule has 0 aromatic heterocycles. The van der Waals surface area contributed by atoms with Gasteiger partial charge in [0.15, 0.2) is 0 Å². The number of amides is 4. The molecule has 6 N–H and O–H groups in total. The van der Waals surface area contributed by atoms with E-state index in [1.54, 1.807) is 32.1 Å². The summed E-state index contributed by atoms with van der Waals surface area (Å²) in [5.41, 5.74) is 15.1. The molecule has 4 amide bonds. The van der Waals surface area contributed by atoms with Gasteiger partial charge in [-0.2, -0.15) is 0 Å². The van der Waals surface area contributed by atoms with Gasteiger partial charge in [0.2, 0.25) is 23.6 Å². The summed E-state index contributed by atoms with van der Waals surface area (Å²) < 4.78 is 4.35. The SMILES string of the molecule is C=CC(=O)N(C)CC(=O)OC.CC=C(C)C(N)=O.NC(=O)C=CCCC=CC(N)=O. The number of allylic oxidation sites excluding steroid dienone is 3. The van der Waals surface area contributed by atoms with Crippen LogP contribution in [0.5, 0.6) is 0 Å². The number of nitrogens with zero attached hydrogens (tertiary/aromatic N) is 1. The van der Waals surface area contributed by atoms with E-state index in [0.717, 1.165) is 6.08 Å². The fraction of sp³-hybridized carbons (Fsp3) is 0.350. The summed E-state index contributed by atoms with van der Waals surface area (Å²) in [6, 6.07) is 0. The van der Waals surface area contributed by atoms with Gasteiger partial charge < -0.3 is 26.8 Å². The summed E-state index contributed by atoms with van der Waals surface area (Å²) in [4.78, 5) is 53.0. The first-order valence-corrected chi connectivity index (χ1v) is 8.71. The van der Waals surface area contributed by atoms with Crippen molar-refractivity contribution >= 4 is 29.6 Å². The summed E-state index contributed by atoms with van der Waals surface area (Å²) >= 11 is 0. The maximum absolute atomic E-state index is 10.8. The first-order valence-electron chi connectivity index (χ1n) is 8.71. The van der Waals surface area contributed by atoms with Crippen LogP contribution in [0.4, 0.5) is 0 Å². The number of hydrogen-bond acceptors (Lipinski definition) is 6. The summed E-state index contributed by atoms with van der Waals surface area (Å²) in [6.45, 7) is 6.69. The Morgan fingerprint density at radius 1 is 0.967 bits per heavy atom. The van der Waals surface area contributed by atoms with Crippen LogP contribution in [0.3, 0.4) is 0 Å². The molecule has 0 spiro atoms. The second kappa shape index (κ2) is 20.1. The lowest BCUT2D eigenvalue weighted by molar-refractivity contribution is -0.144. The average molecular weight is 424 g/mol. The smallest absolute Gasteiger partial charge is 0.325 e. The molecule has 10 heteroatoms. The fourth-order valence-electron chi connectivity index (χ4n) is 1.23. The number of methoxy groups -OCH3 is 1. The predicted molar refractivity (Wildman–Crippen MR) is 114 cm³/mol. The Morgan fingerprint density at radius 3 is 1.63 bits per heavy atom. The zero-order chi connectivity index (χ0) is 24.1. The highest BCUT2D eigenvalue weighted by Gasteiger charge is 2.08. The minimum atomic E-state index is -0.464. The molecule has 0 aliphatic rings. The third kappa shape index (κ3) is 24.3. The van der Waals surface area contributed by atoms with E-state index in [2.05, 4.69) is 11.3 Å². The molecule has 0 saturated carbocycles. The van der Waals surface area contributed by atoms with Crippen molar-refractivity contribution in [1.29, 1.82) is 0 Å². The van der Waals surface area contributed by atoms with Crippen molar-refractivity contribution < 1.29 is 28.7 Å². The lowest BCUT2D eigenvalue weighted by atomic mass is 10.2. The van der Waals surface area contributed by atoms with E-state index in [1.807, 2.05) is 0 Å². The van der Waals surface area contributed by atoms with Crippen LogP contribution in [0, 0.1) is 0 Å². The molecule has 30 heavy (non-hydrogen) atoms. The number of primary amides is 3. The fourth-order valence-corrected chi connectivity index (χ4v) is 1.23. The third-order valence-corrected chi connectivity index (χ3v) is 3.03. The molecule has 0 fully saturated rings. The van der Waals surface area contributed by atoms with Crippen LogP contribution >= 0.6 is 0 Å². The molecule has 0 heterocycles. The van der Waals surface area contributed by atoms with Crippen molar-refractivity contribution in [3.8, 4) is 0 Å². The quantitative estimate of drug-likeness (QED) is 0.268. The zero-order valence-electron chi connectivity index (χ0n) is 17.9. The van der Waals surface area contributed by atoms with Crippen LogP contribution in [0.2, 0.25) is 0 Å². The van der Waals surface area contributed by atoms with E-state index >= 15 is 0 Å². The topological polar surface area (TPSA) is 176 Å². The van der Waals surface area contributed by atoms with Crippen LogP contribution in [-0.4, -0.2) is 55.2 Å². The van der Waals surface area contributed by atoms with Gasteiger partial charge in [-0.15, -0.1) is 0 Å². The Hall–Kier alpha value is -3.69. The van der Waals surface area contributed by atoms with E-state index < -0.39 is 17.8 Å². The molecule has 0 aliphatic carbocycles. The van der Waals surface area contributed by atoms with Gasteiger partial charge in [-0.1, -0.05) is 24.8 Å². The molecule has 0 rings (SSSR count). The van der Waals surface area contributed by atoms with Crippen LogP contribution in [0.1, 0.15) is 26.7 Å². The van der Waals surface area contributed by atoms with E-state index in [-0.39, 0.29) is 18.4 Å². The van der Waals surface area contributed by atoms with E-state index in [4.69, 9.17) is 17.2 Å². The zero-order valence-corrected chi connectivity index (χ0v) is 17.9. The number of nitrogens with two attached hydrogens (primary N) is 3. The number of unbranched alkanes of at least 4 members (excludes halogenated alkanes) is 1. The van der Waals surface area contributed by atoms with Gasteiger partial charge >= 0.3 is 5.97 Å². The lowest BCUT2D eigenvalue weighted by Crippen LogP contribution is -2.31. The molecule has 168 valence electrons. The molecule has 0 aliphatic heterocycles. The van der Waals surface area contributed by atoms with Crippen LogP contribution in [-0.2, 0) is 28.7 Å². The summed E-state index contributed by atoms with van der Waals surface area (Å²) in [5.74, 6) is -2.01. The maximum Gasteiger partial charge on any atom is 0.325 e. The van der Waals surface area contributed by atoms with E-state index in [1.165, 1.54) is 31.2 Å².